The van der Waals surface area contributed by atoms with Gasteiger partial charge in [0.15, 0.2) is 0 Å². The molecule has 1 atom stereocenters. The zero-order chi connectivity index (χ0) is 25.1. The molecule has 0 bridgehead atoms. The Balaban J connectivity index is 1.49. The van der Waals surface area contributed by atoms with Crippen molar-refractivity contribution in [1.29, 1.82) is 0 Å². The van der Waals surface area contributed by atoms with Gasteiger partial charge in [-0.05, 0) is 75.5 Å². The minimum atomic E-state index is -0.192. The van der Waals surface area contributed by atoms with Crippen molar-refractivity contribution >= 4 is 12.2 Å². The van der Waals surface area contributed by atoms with Crippen LogP contribution in [0, 0.1) is 17.8 Å². The Kier molecular flexibility index (Phi) is 16.3. The second-order valence-electron chi connectivity index (χ2n) is 11.3. The van der Waals surface area contributed by atoms with Gasteiger partial charge in [0.1, 0.15) is 0 Å². The minimum Gasteiger partial charge on any atom is -0.462 e. The standard InChI is InChI=1S/C31H55NO3/c1-4-6-7-8-9-10-11-12-23-34-30-20-15-28(16-21-30)24-32-29-18-13-27(14-19-29)17-22-31(33)35-25-26(3)5-2/h17,22,24,26-30H,4-16,18-21,23,25H2,1-3H3. The number of nitrogens with zero attached hydrogens (tertiary/aromatic N) is 1. The van der Waals surface area contributed by atoms with Crippen molar-refractivity contribution in [1.82, 2.24) is 0 Å². The molecule has 35 heavy (non-hydrogen) atoms. The summed E-state index contributed by atoms with van der Waals surface area (Å²) in [4.78, 5) is 16.8. The molecule has 0 aromatic heterocycles. The van der Waals surface area contributed by atoms with Gasteiger partial charge in [-0.15, -0.1) is 0 Å². The average Bonchev–Trinajstić information content (AvgIpc) is 2.89. The lowest BCUT2D eigenvalue weighted by Crippen LogP contribution is -2.23. The van der Waals surface area contributed by atoms with Gasteiger partial charge < -0.3 is 9.47 Å². The maximum absolute atomic E-state index is 11.9. The molecule has 4 heteroatoms. The number of hydrogen-bond acceptors (Lipinski definition) is 4. The fourth-order valence-electron chi connectivity index (χ4n) is 5.18. The SMILES string of the molecule is CCCCCCCCCCOC1CCC(C=NC2CCC(C=CC(=O)OCC(C)CC)CC2)CC1. The fraction of sp³-hybridized carbons (Fsp3) is 0.871. The number of rotatable bonds is 17. The smallest absolute Gasteiger partial charge is 0.330 e. The molecular weight excluding hydrogens is 434 g/mol. The van der Waals surface area contributed by atoms with Crippen molar-refractivity contribution in [2.24, 2.45) is 22.7 Å². The highest BCUT2D eigenvalue weighted by Crippen LogP contribution is 2.29. The minimum absolute atomic E-state index is 0.192. The largest absolute Gasteiger partial charge is 0.462 e. The maximum Gasteiger partial charge on any atom is 0.330 e. The first-order valence-electron chi connectivity index (χ1n) is 15.1. The predicted octanol–water partition coefficient (Wildman–Crippen LogP) is 8.48. The van der Waals surface area contributed by atoms with Crippen LogP contribution in [-0.2, 0) is 14.3 Å². The summed E-state index contributed by atoms with van der Waals surface area (Å²) in [7, 11) is 0. The van der Waals surface area contributed by atoms with Crippen LogP contribution in [-0.4, -0.2) is 37.5 Å². The average molecular weight is 490 g/mol. The highest BCUT2D eigenvalue weighted by molar-refractivity contribution is 5.81. The zero-order valence-electron chi connectivity index (χ0n) is 23.2. The summed E-state index contributed by atoms with van der Waals surface area (Å²) < 4.78 is 11.5. The van der Waals surface area contributed by atoms with Gasteiger partial charge in [0.05, 0.1) is 12.7 Å². The summed E-state index contributed by atoms with van der Waals surface area (Å²) in [5.74, 6) is 1.37. The van der Waals surface area contributed by atoms with E-state index in [1.165, 1.54) is 77.0 Å². The summed E-state index contributed by atoms with van der Waals surface area (Å²) in [6.07, 6.45) is 27.7. The van der Waals surface area contributed by atoms with Crippen molar-refractivity contribution < 1.29 is 14.3 Å². The number of carbonyl (C=O) groups is 1. The molecule has 2 rings (SSSR count). The topological polar surface area (TPSA) is 47.9 Å². The Morgan fingerprint density at radius 1 is 0.857 bits per heavy atom. The van der Waals surface area contributed by atoms with Gasteiger partial charge >= 0.3 is 5.97 Å². The van der Waals surface area contributed by atoms with Gasteiger partial charge in [-0.25, -0.2) is 4.79 Å². The lowest BCUT2D eigenvalue weighted by molar-refractivity contribution is -0.139. The van der Waals surface area contributed by atoms with Crippen LogP contribution in [0.5, 0.6) is 0 Å². The van der Waals surface area contributed by atoms with Crippen LogP contribution in [0.4, 0.5) is 0 Å². The van der Waals surface area contributed by atoms with E-state index in [0.717, 1.165) is 38.7 Å². The Morgan fingerprint density at radius 2 is 1.49 bits per heavy atom. The van der Waals surface area contributed by atoms with E-state index in [4.69, 9.17) is 14.5 Å². The number of carbonyl (C=O) groups excluding carboxylic acids is 1. The molecule has 0 saturated heterocycles. The molecule has 2 aliphatic rings. The quantitative estimate of drug-likeness (QED) is 0.0890. The summed E-state index contributed by atoms with van der Waals surface area (Å²) in [5, 5.41) is 0. The van der Waals surface area contributed by atoms with E-state index in [9.17, 15) is 4.79 Å². The maximum atomic E-state index is 11.9. The molecule has 2 saturated carbocycles. The molecule has 2 aliphatic carbocycles. The monoisotopic (exact) mass is 489 g/mol. The van der Waals surface area contributed by atoms with Crippen molar-refractivity contribution in [3.8, 4) is 0 Å². The van der Waals surface area contributed by atoms with Gasteiger partial charge in [0.2, 0.25) is 0 Å². The van der Waals surface area contributed by atoms with E-state index in [-0.39, 0.29) is 5.97 Å². The highest BCUT2D eigenvalue weighted by atomic mass is 16.5. The van der Waals surface area contributed by atoms with Crippen LogP contribution >= 0.6 is 0 Å². The summed E-state index contributed by atoms with van der Waals surface area (Å²) in [6.45, 7) is 7.98. The number of ether oxygens (including phenoxy) is 2. The first-order chi connectivity index (χ1) is 17.1. The Hall–Kier alpha value is -1.16. The highest BCUT2D eigenvalue weighted by Gasteiger charge is 2.22. The number of esters is 1. The van der Waals surface area contributed by atoms with E-state index in [1.807, 2.05) is 0 Å². The van der Waals surface area contributed by atoms with Crippen molar-refractivity contribution in [3.63, 3.8) is 0 Å². The lowest BCUT2D eigenvalue weighted by atomic mass is 9.85. The summed E-state index contributed by atoms with van der Waals surface area (Å²) in [6, 6.07) is 0.466. The zero-order valence-corrected chi connectivity index (χ0v) is 23.2. The molecule has 2 fully saturated rings. The van der Waals surface area contributed by atoms with E-state index in [0.29, 0.717) is 36.5 Å². The van der Waals surface area contributed by atoms with Crippen LogP contribution in [0.3, 0.4) is 0 Å². The van der Waals surface area contributed by atoms with Gasteiger partial charge in [0, 0.05) is 24.9 Å². The summed E-state index contributed by atoms with van der Waals surface area (Å²) in [5.41, 5.74) is 0. The molecule has 0 spiro atoms. The molecule has 1 unspecified atom stereocenters. The second-order valence-corrected chi connectivity index (χ2v) is 11.3. The summed E-state index contributed by atoms with van der Waals surface area (Å²) >= 11 is 0. The number of aliphatic imine (C=N–C) groups is 1. The Labute approximate surface area is 216 Å². The predicted molar refractivity (Wildman–Crippen MR) is 148 cm³/mol. The van der Waals surface area contributed by atoms with E-state index in [2.05, 4.69) is 33.1 Å². The lowest BCUT2D eigenvalue weighted by Gasteiger charge is -2.28. The first-order valence-corrected chi connectivity index (χ1v) is 15.1. The number of hydrogen-bond donors (Lipinski definition) is 0. The van der Waals surface area contributed by atoms with Gasteiger partial charge in [-0.3, -0.25) is 4.99 Å². The van der Waals surface area contributed by atoms with E-state index in [1.54, 1.807) is 6.08 Å². The third kappa shape index (κ3) is 14.2. The Morgan fingerprint density at radius 3 is 2.14 bits per heavy atom. The normalized spacial score (nSPS) is 26.4. The molecular formula is C31H55NO3. The third-order valence-electron chi connectivity index (χ3n) is 8.03. The molecule has 0 radical (unpaired) electrons. The molecule has 0 aliphatic heterocycles. The molecule has 0 aromatic rings. The first kappa shape index (κ1) is 30.1. The van der Waals surface area contributed by atoms with E-state index >= 15 is 0 Å². The number of unbranched alkanes of at least 4 members (excludes halogenated alkanes) is 7. The van der Waals surface area contributed by atoms with Gasteiger partial charge in [-0.1, -0.05) is 78.2 Å². The third-order valence-corrected chi connectivity index (χ3v) is 8.03. The molecule has 0 aromatic carbocycles. The molecule has 202 valence electrons. The Bertz CT molecular complexity index is 586. The van der Waals surface area contributed by atoms with Crippen molar-refractivity contribution in [2.45, 2.75) is 142 Å². The van der Waals surface area contributed by atoms with Crippen molar-refractivity contribution in [3.05, 3.63) is 12.2 Å². The van der Waals surface area contributed by atoms with Crippen LogP contribution < -0.4 is 0 Å². The molecule has 0 N–H and O–H groups in total. The molecule has 0 heterocycles. The number of allylic oxidation sites excluding steroid dienone is 1. The fourth-order valence-corrected chi connectivity index (χ4v) is 5.18. The van der Waals surface area contributed by atoms with Crippen LogP contribution in [0.25, 0.3) is 0 Å². The van der Waals surface area contributed by atoms with Crippen LogP contribution in [0.2, 0.25) is 0 Å². The second kappa shape index (κ2) is 19.0. The van der Waals surface area contributed by atoms with Crippen LogP contribution in [0.1, 0.15) is 130 Å². The van der Waals surface area contributed by atoms with Gasteiger partial charge in [-0.2, -0.15) is 0 Å². The molecule has 0 amide bonds. The van der Waals surface area contributed by atoms with Crippen LogP contribution in [0.15, 0.2) is 17.1 Å². The van der Waals surface area contributed by atoms with E-state index < -0.39 is 0 Å². The van der Waals surface area contributed by atoms with Crippen molar-refractivity contribution in [2.75, 3.05) is 13.2 Å². The van der Waals surface area contributed by atoms with Gasteiger partial charge in [0.25, 0.3) is 0 Å². The molecule has 4 nitrogen and oxygen atoms in total.